The van der Waals surface area contributed by atoms with Crippen LogP contribution in [0.3, 0.4) is 0 Å². The third-order valence-electron chi connectivity index (χ3n) is 5.58. The highest BCUT2D eigenvalue weighted by molar-refractivity contribution is 5.05. The van der Waals surface area contributed by atoms with Crippen molar-refractivity contribution in [1.82, 2.24) is 0 Å². The fourth-order valence-electron chi connectivity index (χ4n) is 3.86. The second-order valence-electron chi connectivity index (χ2n) is 9.06. The first kappa shape index (κ1) is 14.4. The van der Waals surface area contributed by atoms with Crippen LogP contribution in [0.25, 0.3) is 0 Å². The van der Waals surface area contributed by atoms with Gasteiger partial charge in [0.1, 0.15) is 0 Å². The molecular formula is C17H32O. The highest BCUT2D eigenvalue weighted by Gasteiger charge is 2.54. The van der Waals surface area contributed by atoms with Gasteiger partial charge in [-0.1, -0.05) is 41.5 Å². The smallest absolute Gasteiger partial charge is 0.0683 e. The first-order chi connectivity index (χ1) is 8.08. The van der Waals surface area contributed by atoms with Crippen LogP contribution in [-0.2, 0) is 4.74 Å². The Balaban J connectivity index is 2.00. The molecule has 0 aromatic rings. The first-order valence-electron chi connectivity index (χ1n) is 7.72. The zero-order valence-corrected chi connectivity index (χ0v) is 13.4. The third kappa shape index (κ3) is 2.61. The Morgan fingerprint density at radius 1 is 0.778 bits per heavy atom. The van der Waals surface area contributed by atoms with Gasteiger partial charge in [0, 0.05) is 0 Å². The average molecular weight is 252 g/mol. The van der Waals surface area contributed by atoms with E-state index in [0.29, 0.717) is 16.2 Å². The van der Waals surface area contributed by atoms with Gasteiger partial charge in [0.15, 0.2) is 0 Å². The summed E-state index contributed by atoms with van der Waals surface area (Å²) >= 11 is 0. The van der Waals surface area contributed by atoms with Gasteiger partial charge in [-0.2, -0.15) is 0 Å². The molecule has 3 fully saturated rings. The van der Waals surface area contributed by atoms with Gasteiger partial charge in [-0.15, -0.1) is 0 Å². The molecule has 0 radical (unpaired) electrons. The zero-order chi connectivity index (χ0) is 13.7. The van der Waals surface area contributed by atoms with Crippen LogP contribution in [0.2, 0.25) is 0 Å². The van der Waals surface area contributed by atoms with Gasteiger partial charge >= 0.3 is 0 Å². The number of hydrogen-bond donors (Lipinski definition) is 0. The summed E-state index contributed by atoms with van der Waals surface area (Å²) in [7, 11) is 0. The van der Waals surface area contributed by atoms with Crippen molar-refractivity contribution < 1.29 is 4.74 Å². The Morgan fingerprint density at radius 3 is 1.56 bits per heavy atom. The molecule has 0 spiro atoms. The summed E-state index contributed by atoms with van der Waals surface area (Å²) in [6, 6.07) is 0. The molecule has 106 valence electrons. The monoisotopic (exact) mass is 252 g/mol. The second kappa shape index (κ2) is 4.23. The molecule has 0 aromatic carbocycles. The van der Waals surface area contributed by atoms with E-state index in [1.807, 2.05) is 0 Å². The molecule has 0 saturated heterocycles. The Labute approximate surface area is 114 Å². The van der Waals surface area contributed by atoms with Gasteiger partial charge in [-0.3, -0.25) is 0 Å². The summed E-state index contributed by atoms with van der Waals surface area (Å²) in [5, 5.41) is 0. The fraction of sp³-hybridized carbons (Fsp3) is 1.00. The van der Waals surface area contributed by atoms with Gasteiger partial charge in [0.05, 0.1) is 12.2 Å². The summed E-state index contributed by atoms with van der Waals surface area (Å²) in [6.45, 7) is 15.0. The molecule has 2 bridgehead atoms. The first-order valence-corrected chi connectivity index (χ1v) is 7.72. The van der Waals surface area contributed by atoms with Gasteiger partial charge in [0.25, 0.3) is 0 Å². The molecule has 1 heteroatoms. The average Bonchev–Trinajstić information content (AvgIpc) is 2.27. The quantitative estimate of drug-likeness (QED) is 0.657. The lowest BCUT2D eigenvalue weighted by atomic mass is 9.50. The summed E-state index contributed by atoms with van der Waals surface area (Å²) in [4.78, 5) is 0. The number of hydrogen-bond acceptors (Lipinski definition) is 1. The lowest BCUT2D eigenvalue weighted by molar-refractivity contribution is -0.172. The lowest BCUT2D eigenvalue weighted by Gasteiger charge is -2.58. The largest absolute Gasteiger partial charge is 0.374 e. The van der Waals surface area contributed by atoms with E-state index in [2.05, 4.69) is 41.5 Å². The molecule has 0 heterocycles. The minimum Gasteiger partial charge on any atom is -0.374 e. The van der Waals surface area contributed by atoms with Crippen molar-refractivity contribution in [3.8, 4) is 0 Å². The maximum Gasteiger partial charge on any atom is 0.0683 e. The maximum atomic E-state index is 6.38. The van der Waals surface area contributed by atoms with Crippen LogP contribution in [0.15, 0.2) is 0 Å². The van der Waals surface area contributed by atoms with Crippen LogP contribution in [0.5, 0.6) is 0 Å². The van der Waals surface area contributed by atoms with Crippen molar-refractivity contribution in [1.29, 1.82) is 0 Å². The Kier molecular flexibility index (Phi) is 3.38. The maximum absolute atomic E-state index is 6.38. The lowest BCUT2D eigenvalue weighted by Crippen LogP contribution is -2.53. The molecule has 3 saturated carbocycles. The molecule has 0 amide bonds. The molecule has 18 heavy (non-hydrogen) atoms. The minimum atomic E-state index is 0.236. The Bertz CT molecular complexity index is 278. The van der Waals surface area contributed by atoms with Crippen molar-refractivity contribution in [3.63, 3.8) is 0 Å². The van der Waals surface area contributed by atoms with Crippen molar-refractivity contribution in [2.45, 2.75) is 85.7 Å². The predicted octanol–water partition coefficient (Wildman–Crippen LogP) is 5.19. The molecular weight excluding hydrogens is 220 g/mol. The molecule has 1 nitrogen and oxygen atoms in total. The van der Waals surface area contributed by atoms with Crippen LogP contribution in [0.4, 0.5) is 0 Å². The number of fused-ring (bicyclic) bond motifs is 3. The standard InChI is InChI=1S/C17H32O/c1-14(2,3)13-18-17-10-7-16(8-11-17,9-12-17)15(4,5)6/h7-13H2,1-6H3. The van der Waals surface area contributed by atoms with Gasteiger partial charge in [0.2, 0.25) is 0 Å². The highest BCUT2D eigenvalue weighted by atomic mass is 16.5. The zero-order valence-electron chi connectivity index (χ0n) is 13.4. The number of ether oxygens (including phenoxy) is 1. The van der Waals surface area contributed by atoms with E-state index in [0.717, 1.165) is 6.61 Å². The Morgan fingerprint density at radius 2 is 1.22 bits per heavy atom. The fourth-order valence-corrected chi connectivity index (χ4v) is 3.86. The van der Waals surface area contributed by atoms with Crippen LogP contribution in [0, 0.1) is 16.2 Å². The van der Waals surface area contributed by atoms with Crippen LogP contribution >= 0.6 is 0 Å². The molecule has 0 N–H and O–H groups in total. The second-order valence-corrected chi connectivity index (χ2v) is 9.06. The van der Waals surface area contributed by atoms with Crippen molar-refractivity contribution in [3.05, 3.63) is 0 Å². The summed E-state index contributed by atoms with van der Waals surface area (Å²) in [5.41, 5.74) is 1.59. The normalized spacial score (nSPS) is 37.0. The minimum absolute atomic E-state index is 0.236. The van der Waals surface area contributed by atoms with Crippen molar-refractivity contribution in [2.24, 2.45) is 16.2 Å². The van der Waals surface area contributed by atoms with E-state index >= 15 is 0 Å². The molecule has 3 rings (SSSR count). The summed E-state index contributed by atoms with van der Waals surface area (Å²) in [5.74, 6) is 0. The van der Waals surface area contributed by atoms with E-state index < -0.39 is 0 Å². The molecule has 0 unspecified atom stereocenters. The van der Waals surface area contributed by atoms with Crippen molar-refractivity contribution in [2.75, 3.05) is 6.61 Å². The molecule has 0 atom stereocenters. The predicted molar refractivity (Wildman–Crippen MR) is 77.7 cm³/mol. The summed E-state index contributed by atoms with van der Waals surface area (Å²) < 4.78 is 6.38. The van der Waals surface area contributed by atoms with Crippen LogP contribution in [0.1, 0.15) is 80.1 Å². The highest BCUT2D eigenvalue weighted by Crippen LogP contribution is 2.61. The topological polar surface area (TPSA) is 9.23 Å². The van der Waals surface area contributed by atoms with Crippen LogP contribution in [-0.4, -0.2) is 12.2 Å². The van der Waals surface area contributed by atoms with Crippen LogP contribution < -0.4 is 0 Å². The summed E-state index contributed by atoms with van der Waals surface area (Å²) in [6.07, 6.45) is 8.00. The SMILES string of the molecule is CC(C)(C)COC12CCC(C(C)(C)C)(CC1)CC2. The van der Waals surface area contributed by atoms with Gasteiger partial charge < -0.3 is 4.74 Å². The van der Waals surface area contributed by atoms with E-state index in [1.54, 1.807) is 0 Å². The molecule has 0 aromatic heterocycles. The van der Waals surface area contributed by atoms with E-state index in [4.69, 9.17) is 4.74 Å². The van der Waals surface area contributed by atoms with E-state index in [9.17, 15) is 0 Å². The molecule has 3 aliphatic carbocycles. The van der Waals surface area contributed by atoms with Gasteiger partial charge in [-0.25, -0.2) is 0 Å². The number of rotatable bonds is 2. The Hall–Kier alpha value is -0.0400. The third-order valence-corrected chi connectivity index (χ3v) is 5.58. The molecule has 0 aliphatic heterocycles. The molecule has 3 aliphatic rings. The van der Waals surface area contributed by atoms with E-state index in [-0.39, 0.29) is 5.60 Å². The van der Waals surface area contributed by atoms with Crippen molar-refractivity contribution >= 4 is 0 Å². The van der Waals surface area contributed by atoms with Gasteiger partial charge in [-0.05, 0) is 54.8 Å². The van der Waals surface area contributed by atoms with E-state index in [1.165, 1.54) is 38.5 Å².